The Hall–Kier alpha value is -2.73. The predicted molar refractivity (Wildman–Crippen MR) is 114 cm³/mol. The maximum Gasteiger partial charge on any atom is 0.252 e. The number of likely N-dealkylation sites (tertiary alicyclic amines) is 1. The molecule has 0 bridgehead atoms. The molecule has 2 saturated heterocycles. The Morgan fingerprint density at radius 2 is 1.87 bits per heavy atom. The number of carbonyl (C=O) groups excluding carboxylic acids is 2. The number of nitrogens with zero attached hydrogens (tertiary/aromatic N) is 2. The number of nitrogens with one attached hydrogen (secondary N) is 1. The van der Waals surface area contributed by atoms with Gasteiger partial charge in [-0.2, -0.15) is 0 Å². The standard InChI is InChI=1S/C24H29N3O3/c1-17-19(22(28)25-2)10-11-20(26-17)21-9-6-14-27(21)23(29)24(12-15-30-16-13-24)18-7-4-3-5-8-18/h3-5,7-8,10-11,21H,6,9,12-16H2,1-2H3,(H,25,28)/t21-/m1/s1. The Kier molecular flexibility index (Phi) is 5.86. The first-order valence-corrected chi connectivity index (χ1v) is 10.7. The fraction of sp³-hybridized carbons (Fsp3) is 0.458. The average Bonchev–Trinajstić information content (AvgIpc) is 3.29. The lowest BCUT2D eigenvalue weighted by Crippen LogP contribution is -2.49. The zero-order valence-electron chi connectivity index (χ0n) is 17.7. The van der Waals surface area contributed by atoms with E-state index >= 15 is 0 Å². The average molecular weight is 408 g/mol. The number of carbonyl (C=O) groups is 2. The number of aromatic nitrogens is 1. The highest BCUT2D eigenvalue weighted by molar-refractivity contribution is 5.95. The van der Waals surface area contributed by atoms with E-state index in [1.807, 2.05) is 42.2 Å². The molecule has 0 unspecified atom stereocenters. The summed E-state index contributed by atoms with van der Waals surface area (Å²) in [5.41, 5.74) is 2.65. The van der Waals surface area contributed by atoms with Crippen LogP contribution >= 0.6 is 0 Å². The summed E-state index contributed by atoms with van der Waals surface area (Å²) >= 11 is 0. The minimum Gasteiger partial charge on any atom is -0.381 e. The fourth-order valence-corrected chi connectivity index (χ4v) is 4.84. The normalized spacial score (nSPS) is 20.7. The third-order valence-corrected chi connectivity index (χ3v) is 6.52. The van der Waals surface area contributed by atoms with Gasteiger partial charge in [-0.15, -0.1) is 0 Å². The van der Waals surface area contributed by atoms with Crippen LogP contribution in [0.3, 0.4) is 0 Å². The molecule has 1 N–H and O–H groups in total. The van der Waals surface area contributed by atoms with Crippen molar-refractivity contribution in [3.05, 3.63) is 65.0 Å². The van der Waals surface area contributed by atoms with Crippen molar-refractivity contribution in [2.24, 2.45) is 0 Å². The molecular formula is C24H29N3O3. The minimum absolute atomic E-state index is 0.0571. The number of rotatable bonds is 4. The van der Waals surface area contributed by atoms with Gasteiger partial charge in [-0.1, -0.05) is 30.3 Å². The van der Waals surface area contributed by atoms with Gasteiger partial charge in [0.25, 0.3) is 5.91 Å². The van der Waals surface area contributed by atoms with Crippen LogP contribution in [0.2, 0.25) is 0 Å². The van der Waals surface area contributed by atoms with Crippen LogP contribution in [0.1, 0.15) is 59.0 Å². The molecule has 1 atom stereocenters. The van der Waals surface area contributed by atoms with Crippen LogP contribution in [0.5, 0.6) is 0 Å². The summed E-state index contributed by atoms with van der Waals surface area (Å²) in [5.74, 6) is 0.0328. The van der Waals surface area contributed by atoms with Gasteiger partial charge in [0.1, 0.15) is 0 Å². The quantitative estimate of drug-likeness (QED) is 0.845. The molecule has 3 heterocycles. The monoisotopic (exact) mass is 407 g/mol. The third-order valence-electron chi connectivity index (χ3n) is 6.52. The van der Waals surface area contributed by atoms with Crippen molar-refractivity contribution in [3.63, 3.8) is 0 Å². The molecule has 0 saturated carbocycles. The molecule has 4 rings (SSSR count). The summed E-state index contributed by atoms with van der Waals surface area (Å²) < 4.78 is 5.61. The summed E-state index contributed by atoms with van der Waals surface area (Å²) in [7, 11) is 1.62. The van der Waals surface area contributed by atoms with E-state index in [1.165, 1.54) is 0 Å². The Balaban J connectivity index is 1.66. The van der Waals surface area contributed by atoms with Crippen LogP contribution in [0, 0.1) is 6.92 Å². The molecule has 6 heteroatoms. The first-order chi connectivity index (χ1) is 14.6. The Bertz CT molecular complexity index is 923. The summed E-state index contributed by atoms with van der Waals surface area (Å²) in [5, 5.41) is 2.65. The molecule has 2 aromatic rings. The number of ether oxygens (including phenoxy) is 1. The maximum atomic E-state index is 14.0. The van der Waals surface area contributed by atoms with Gasteiger partial charge >= 0.3 is 0 Å². The van der Waals surface area contributed by atoms with Crippen LogP contribution in [0.25, 0.3) is 0 Å². The Labute approximate surface area is 177 Å². The summed E-state index contributed by atoms with van der Waals surface area (Å²) in [4.78, 5) is 32.7. The molecule has 2 aliphatic heterocycles. The topological polar surface area (TPSA) is 71.5 Å². The van der Waals surface area contributed by atoms with Crippen molar-refractivity contribution < 1.29 is 14.3 Å². The van der Waals surface area contributed by atoms with Crippen LogP contribution in [0.4, 0.5) is 0 Å². The molecule has 30 heavy (non-hydrogen) atoms. The molecule has 1 aromatic carbocycles. The highest BCUT2D eigenvalue weighted by Crippen LogP contribution is 2.41. The number of pyridine rings is 1. The molecular weight excluding hydrogens is 378 g/mol. The predicted octanol–water partition coefficient (Wildman–Crippen LogP) is 3.16. The van der Waals surface area contributed by atoms with Gasteiger partial charge < -0.3 is 15.0 Å². The van der Waals surface area contributed by atoms with Crippen molar-refractivity contribution in [3.8, 4) is 0 Å². The van der Waals surface area contributed by atoms with Gasteiger partial charge in [-0.3, -0.25) is 14.6 Å². The number of aryl methyl sites for hydroxylation is 1. The zero-order chi connectivity index (χ0) is 21.1. The third kappa shape index (κ3) is 3.60. The van der Waals surface area contributed by atoms with Crippen molar-refractivity contribution in [1.29, 1.82) is 0 Å². The van der Waals surface area contributed by atoms with E-state index < -0.39 is 5.41 Å². The molecule has 0 spiro atoms. The largest absolute Gasteiger partial charge is 0.381 e. The van der Waals surface area contributed by atoms with Crippen molar-refractivity contribution in [2.45, 2.75) is 44.1 Å². The number of benzene rings is 1. The lowest BCUT2D eigenvalue weighted by atomic mass is 9.73. The van der Waals surface area contributed by atoms with E-state index in [1.54, 1.807) is 7.05 Å². The van der Waals surface area contributed by atoms with Crippen LogP contribution in [-0.4, -0.2) is 48.5 Å². The van der Waals surface area contributed by atoms with Gasteiger partial charge in [0, 0.05) is 26.8 Å². The SMILES string of the molecule is CNC(=O)c1ccc([C@H]2CCCN2C(=O)C2(c3ccccc3)CCOCC2)nc1C. The number of hydrogen-bond donors (Lipinski definition) is 1. The van der Waals surface area contributed by atoms with Gasteiger partial charge in [-0.05, 0) is 50.3 Å². The van der Waals surface area contributed by atoms with Gasteiger partial charge in [0.05, 0.1) is 28.4 Å². The molecule has 2 aliphatic rings. The fourth-order valence-electron chi connectivity index (χ4n) is 4.84. The van der Waals surface area contributed by atoms with E-state index in [-0.39, 0.29) is 17.9 Å². The highest BCUT2D eigenvalue weighted by Gasteiger charge is 2.46. The molecule has 2 amide bonds. The van der Waals surface area contributed by atoms with E-state index in [0.717, 1.165) is 30.6 Å². The van der Waals surface area contributed by atoms with E-state index in [2.05, 4.69) is 17.4 Å². The van der Waals surface area contributed by atoms with E-state index in [4.69, 9.17) is 9.72 Å². The second-order valence-corrected chi connectivity index (χ2v) is 8.17. The minimum atomic E-state index is -0.542. The summed E-state index contributed by atoms with van der Waals surface area (Å²) in [6, 6.07) is 13.8. The van der Waals surface area contributed by atoms with E-state index in [0.29, 0.717) is 37.3 Å². The lowest BCUT2D eigenvalue weighted by molar-refractivity contribution is -0.142. The van der Waals surface area contributed by atoms with E-state index in [9.17, 15) is 9.59 Å². The van der Waals surface area contributed by atoms with Crippen molar-refractivity contribution >= 4 is 11.8 Å². The van der Waals surface area contributed by atoms with Crippen LogP contribution in [0.15, 0.2) is 42.5 Å². The molecule has 158 valence electrons. The van der Waals surface area contributed by atoms with Gasteiger partial charge in [0.15, 0.2) is 0 Å². The Morgan fingerprint density at radius 3 is 2.53 bits per heavy atom. The summed E-state index contributed by atoms with van der Waals surface area (Å²) in [6.07, 6.45) is 3.23. The van der Waals surface area contributed by atoms with Crippen LogP contribution in [-0.2, 0) is 14.9 Å². The second-order valence-electron chi connectivity index (χ2n) is 8.17. The maximum absolute atomic E-state index is 14.0. The molecule has 6 nitrogen and oxygen atoms in total. The summed E-state index contributed by atoms with van der Waals surface area (Å²) in [6.45, 7) is 3.77. The van der Waals surface area contributed by atoms with Crippen molar-refractivity contribution in [2.75, 3.05) is 26.8 Å². The van der Waals surface area contributed by atoms with Crippen LogP contribution < -0.4 is 5.32 Å². The second kappa shape index (κ2) is 8.56. The Morgan fingerprint density at radius 1 is 1.13 bits per heavy atom. The number of hydrogen-bond acceptors (Lipinski definition) is 4. The van der Waals surface area contributed by atoms with Gasteiger partial charge in [0.2, 0.25) is 5.91 Å². The lowest BCUT2D eigenvalue weighted by Gasteiger charge is -2.40. The molecule has 2 fully saturated rings. The first kappa shape index (κ1) is 20.5. The highest BCUT2D eigenvalue weighted by atomic mass is 16.5. The molecule has 1 aromatic heterocycles. The van der Waals surface area contributed by atoms with Gasteiger partial charge in [-0.25, -0.2) is 0 Å². The van der Waals surface area contributed by atoms with Crippen molar-refractivity contribution in [1.82, 2.24) is 15.2 Å². The first-order valence-electron chi connectivity index (χ1n) is 10.7. The molecule has 0 radical (unpaired) electrons. The zero-order valence-corrected chi connectivity index (χ0v) is 17.7. The number of amides is 2. The molecule has 0 aliphatic carbocycles. The smallest absolute Gasteiger partial charge is 0.252 e.